The largest absolute Gasteiger partial charge is 0.480 e. The number of rotatable bonds is 6. The first-order chi connectivity index (χ1) is 8.69. The second-order valence-electron chi connectivity index (χ2n) is 3.69. The van der Waals surface area contributed by atoms with Gasteiger partial charge in [0.15, 0.2) is 0 Å². The van der Waals surface area contributed by atoms with Crippen LogP contribution in [0.15, 0.2) is 22.0 Å². The zero-order valence-electron chi connectivity index (χ0n) is 9.87. The number of hydrogen-bond donors (Lipinski definition) is 1. The predicted octanol–water partition coefficient (Wildman–Crippen LogP) is 1.70. The number of carboxylic acid groups (broad SMARTS) is 1. The molecule has 0 aliphatic rings. The molecule has 1 N–H and O–H groups in total. The summed E-state index contributed by atoms with van der Waals surface area (Å²) in [5, 5.41) is 14.6. The molecular weight excluding hydrogens is 254 g/mol. The van der Waals surface area contributed by atoms with Crippen LogP contribution in [0.1, 0.15) is 12.8 Å². The van der Waals surface area contributed by atoms with Gasteiger partial charge >= 0.3 is 5.97 Å². The van der Waals surface area contributed by atoms with Crippen molar-refractivity contribution in [3.8, 4) is 10.7 Å². The topological polar surface area (TPSA) is 79.5 Å². The van der Waals surface area contributed by atoms with Crippen molar-refractivity contribution in [2.24, 2.45) is 0 Å². The summed E-state index contributed by atoms with van der Waals surface area (Å²) in [6, 6.07) is 3.83. The molecule has 0 amide bonds. The van der Waals surface area contributed by atoms with Gasteiger partial charge in [-0.25, -0.2) is 0 Å². The van der Waals surface area contributed by atoms with E-state index in [4.69, 9.17) is 9.63 Å². The number of hydrogen-bond acceptors (Lipinski definition) is 6. The monoisotopic (exact) mass is 267 g/mol. The molecule has 7 heteroatoms. The van der Waals surface area contributed by atoms with Gasteiger partial charge in [0.05, 0.1) is 18.0 Å². The van der Waals surface area contributed by atoms with Crippen molar-refractivity contribution in [3.05, 3.63) is 23.4 Å². The van der Waals surface area contributed by atoms with E-state index in [9.17, 15) is 4.79 Å². The minimum Gasteiger partial charge on any atom is -0.480 e. The van der Waals surface area contributed by atoms with E-state index in [1.807, 2.05) is 24.4 Å². The molecule has 0 bridgehead atoms. The van der Waals surface area contributed by atoms with E-state index in [1.54, 1.807) is 4.90 Å². The number of carbonyl (C=O) groups is 1. The lowest BCUT2D eigenvalue weighted by molar-refractivity contribution is -0.138. The highest BCUT2D eigenvalue weighted by Gasteiger charge is 2.14. The van der Waals surface area contributed by atoms with E-state index in [1.165, 1.54) is 11.3 Å². The van der Waals surface area contributed by atoms with Crippen LogP contribution in [0.4, 0.5) is 0 Å². The zero-order valence-corrected chi connectivity index (χ0v) is 10.7. The average molecular weight is 267 g/mol. The first kappa shape index (κ1) is 12.7. The van der Waals surface area contributed by atoms with Crippen LogP contribution in [0, 0.1) is 0 Å². The van der Waals surface area contributed by atoms with E-state index < -0.39 is 5.97 Å². The number of likely N-dealkylation sites (N-methyl/N-ethyl adjacent to an activating group) is 1. The number of thiophene rings is 1. The molecule has 2 aromatic heterocycles. The summed E-state index contributed by atoms with van der Waals surface area (Å²) in [5.41, 5.74) is 0. The Balaban J connectivity index is 2.04. The normalized spacial score (nSPS) is 11.0. The third-order valence-electron chi connectivity index (χ3n) is 2.37. The second-order valence-corrected chi connectivity index (χ2v) is 4.63. The third-order valence-corrected chi connectivity index (χ3v) is 3.24. The van der Waals surface area contributed by atoms with Gasteiger partial charge in [0.1, 0.15) is 0 Å². The van der Waals surface area contributed by atoms with Gasteiger partial charge in [0, 0.05) is 0 Å². The summed E-state index contributed by atoms with van der Waals surface area (Å²) in [7, 11) is 0. The molecule has 0 unspecified atom stereocenters. The smallest absolute Gasteiger partial charge is 0.317 e. The van der Waals surface area contributed by atoms with E-state index in [0.29, 0.717) is 24.8 Å². The van der Waals surface area contributed by atoms with Crippen LogP contribution in [0.5, 0.6) is 0 Å². The van der Waals surface area contributed by atoms with Gasteiger partial charge in [-0.15, -0.1) is 11.3 Å². The fourth-order valence-electron chi connectivity index (χ4n) is 1.49. The molecule has 2 heterocycles. The predicted molar refractivity (Wildman–Crippen MR) is 66.2 cm³/mol. The van der Waals surface area contributed by atoms with Crippen molar-refractivity contribution in [2.45, 2.75) is 13.5 Å². The summed E-state index contributed by atoms with van der Waals surface area (Å²) < 4.78 is 5.11. The molecule has 0 radical (unpaired) electrons. The zero-order chi connectivity index (χ0) is 13.0. The molecule has 0 saturated heterocycles. The highest BCUT2D eigenvalue weighted by Crippen LogP contribution is 2.21. The van der Waals surface area contributed by atoms with Crippen LogP contribution in [0.3, 0.4) is 0 Å². The van der Waals surface area contributed by atoms with Crippen LogP contribution in [-0.4, -0.2) is 39.2 Å². The summed E-state index contributed by atoms with van der Waals surface area (Å²) in [6.07, 6.45) is 0. The Kier molecular flexibility index (Phi) is 4.06. The number of aromatic nitrogens is 2. The highest BCUT2D eigenvalue weighted by atomic mass is 32.1. The van der Waals surface area contributed by atoms with Gasteiger partial charge in [0.25, 0.3) is 0 Å². The second kappa shape index (κ2) is 5.74. The minimum atomic E-state index is -0.866. The first-order valence-electron chi connectivity index (χ1n) is 5.49. The van der Waals surface area contributed by atoms with Crippen molar-refractivity contribution >= 4 is 17.3 Å². The summed E-state index contributed by atoms with van der Waals surface area (Å²) in [4.78, 5) is 17.5. The molecule has 0 atom stereocenters. The minimum absolute atomic E-state index is 0.0345. The summed E-state index contributed by atoms with van der Waals surface area (Å²) >= 11 is 1.53. The molecule has 0 aliphatic heterocycles. The summed E-state index contributed by atoms with van der Waals surface area (Å²) in [6.45, 7) is 2.82. The lowest BCUT2D eigenvalue weighted by Crippen LogP contribution is -2.29. The molecule has 0 saturated carbocycles. The van der Waals surface area contributed by atoms with Gasteiger partial charge < -0.3 is 9.63 Å². The van der Waals surface area contributed by atoms with E-state index >= 15 is 0 Å². The Bertz CT molecular complexity index is 509. The fraction of sp³-hybridized carbons (Fsp3) is 0.364. The third kappa shape index (κ3) is 3.14. The molecule has 0 aromatic carbocycles. The molecular formula is C11H13N3O3S. The standard InChI is InChI=1S/C11H13N3O3S/c1-2-14(7-10(15)16)6-9-12-11(13-17-9)8-4-3-5-18-8/h3-5H,2,6-7H2,1H3,(H,15,16). The molecule has 0 aliphatic carbocycles. The molecule has 2 rings (SSSR count). The molecule has 6 nitrogen and oxygen atoms in total. The van der Waals surface area contributed by atoms with Gasteiger partial charge in [0.2, 0.25) is 11.7 Å². The summed E-state index contributed by atoms with van der Waals surface area (Å²) in [5.74, 6) is 0.114. The van der Waals surface area contributed by atoms with Crippen molar-refractivity contribution in [3.63, 3.8) is 0 Å². The highest BCUT2D eigenvalue weighted by molar-refractivity contribution is 7.13. The Labute approximate surface area is 108 Å². The lowest BCUT2D eigenvalue weighted by atomic mass is 10.4. The van der Waals surface area contributed by atoms with Gasteiger partial charge in [-0.2, -0.15) is 4.98 Å². The average Bonchev–Trinajstić information content (AvgIpc) is 2.97. The van der Waals surface area contributed by atoms with Crippen LogP contribution >= 0.6 is 11.3 Å². The van der Waals surface area contributed by atoms with Crippen LogP contribution in [-0.2, 0) is 11.3 Å². The van der Waals surface area contributed by atoms with E-state index in [0.717, 1.165) is 4.88 Å². The number of nitrogens with zero attached hydrogens (tertiary/aromatic N) is 3. The molecule has 96 valence electrons. The van der Waals surface area contributed by atoms with Crippen molar-refractivity contribution < 1.29 is 14.4 Å². The lowest BCUT2D eigenvalue weighted by Gasteiger charge is -2.14. The first-order valence-corrected chi connectivity index (χ1v) is 6.37. The quantitative estimate of drug-likeness (QED) is 0.858. The Hall–Kier alpha value is -1.73. The van der Waals surface area contributed by atoms with Crippen molar-refractivity contribution in [1.29, 1.82) is 0 Å². The van der Waals surface area contributed by atoms with Gasteiger partial charge in [-0.1, -0.05) is 18.1 Å². The number of carboxylic acids is 1. The maximum Gasteiger partial charge on any atom is 0.317 e. The Morgan fingerprint density at radius 2 is 2.44 bits per heavy atom. The maximum absolute atomic E-state index is 10.6. The Morgan fingerprint density at radius 3 is 3.06 bits per heavy atom. The van der Waals surface area contributed by atoms with Crippen LogP contribution in [0.2, 0.25) is 0 Å². The van der Waals surface area contributed by atoms with Gasteiger partial charge in [-0.05, 0) is 18.0 Å². The fourth-order valence-corrected chi connectivity index (χ4v) is 2.14. The van der Waals surface area contributed by atoms with Crippen molar-refractivity contribution in [1.82, 2.24) is 15.0 Å². The van der Waals surface area contributed by atoms with Crippen LogP contribution < -0.4 is 0 Å². The number of aliphatic carboxylic acids is 1. The molecule has 0 fully saturated rings. The van der Waals surface area contributed by atoms with E-state index in [-0.39, 0.29) is 6.54 Å². The van der Waals surface area contributed by atoms with E-state index in [2.05, 4.69) is 10.1 Å². The van der Waals surface area contributed by atoms with Crippen molar-refractivity contribution in [2.75, 3.05) is 13.1 Å². The molecule has 18 heavy (non-hydrogen) atoms. The molecule has 0 spiro atoms. The molecule has 2 aromatic rings. The maximum atomic E-state index is 10.6. The van der Waals surface area contributed by atoms with Crippen LogP contribution in [0.25, 0.3) is 10.7 Å². The Morgan fingerprint density at radius 1 is 1.61 bits per heavy atom. The SMILES string of the molecule is CCN(CC(=O)O)Cc1nc(-c2cccs2)no1. The van der Waals surface area contributed by atoms with Gasteiger partial charge in [-0.3, -0.25) is 9.69 Å².